The summed E-state index contributed by atoms with van der Waals surface area (Å²) in [6, 6.07) is 7.94. The van der Waals surface area contributed by atoms with Gasteiger partial charge in [0, 0.05) is 9.90 Å². The molecule has 1 unspecified atom stereocenters. The Morgan fingerprint density at radius 1 is 1.44 bits per heavy atom. The molecule has 0 fully saturated rings. The van der Waals surface area contributed by atoms with Crippen LogP contribution in [0.3, 0.4) is 0 Å². The van der Waals surface area contributed by atoms with E-state index in [0.29, 0.717) is 16.3 Å². The smallest absolute Gasteiger partial charge is 0.188 e. The Hall–Kier alpha value is -1.36. The average molecular weight is 282 g/mol. The quantitative estimate of drug-likeness (QED) is 0.875. The van der Waals surface area contributed by atoms with E-state index in [9.17, 15) is 4.79 Å². The maximum atomic E-state index is 12.3. The van der Waals surface area contributed by atoms with Crippen molar-refractivity contribution in [2.24, 2.45) is 5.73 Å². The van der Waals surface area contributed by atoms with E-state index in [-0.39, 0.29) is 5.78 Å². The highest BCUT2D eigenvalue weighted by atomic mass is 35.5. The predicted molar refractivity (Wildman–Crippen MR) is 73.6 cm³/mol. The summed E-state index contributed by atoms with van der Waals surface area (Å²) in [5.41, 5.74) is 6.36. The Morgan fingerprint density at radius 2 is 2.22 bits per heavy atom. The van der Waals surface area contributed by atoms with E-state index < -0.39 is 6.04 Å². The molecule has 0 aliphatic carbocycles. The molecule has 1 atom stereocenters. The fraction of sp³-hybridized carbons (Fsp3) is 0.154. The van der Waals surface area contributed by atoms with Crippen LogP contribution in [0.15, 0.2) is 35.7 Å². The number of Topliss-reactive ketones (excluding diaryl/α,β-unsaturated/α-hetero) is 1. The van der Waals surface area contributed by atoms with E-state index in [2.05, 4.69) is 0 Å². The molecule has 0 aliphatic heterocycles. The van der Waals surface area contributed by atoms with Crippen molar-refractivity contribution in [1.29, 1.82) is 0 Å². The second-order valence-corrected chi connectivity index (χ2v) is 5.12. The minimum absolute atomic E-state index is 0.197. The molecule has 3 nitrogen and oxygen atoms in total. The van der Waals surface area contributed by atoms with Crippen LogP contribution in [0, 0.1) is 0 Å². The number of methoxy groups -OCH3 is 1. The highest BCUT2D eigenvalue weighted by Gasteiger charge is 2.22. The van der Waals surface area contributed by atoms with Crippen molar-refractivity contribution < 1.29 is 9.53 Å². The lowest BCUT2D eigenvalue weighted by Crippen LogP contribution is -2.21. The van der Waals surface area contributed by atoms with E-state index in [0.717, 1.165) is 4.88 Å². The van der Waals surface area contributed by atoms with E-state index >= 15 is 0 Å². The molecule has 0 amide bonds. The SMILES string of the molecule is COc1ccc(Cl)cc1C(=O)C(N)c1cccs1. The molecular formula is C13H12ClNO2S. The lowest BCUT2D eigenvalue weighted by molar-refractivity contribution is 0.0959. The second kappa shape index (κ2) is 5.52. The summed E-state index contributed by atoms with van der Waals surface area (Å²) < 4.78 is 5.16. The molecule has 0 spiro atoms. The second-order valence-electron chi connectivity index (χ2n) is 3.70. The maximum Gasteiger partial charge on any atom is 0.188 e. The molecule has 1 aromatic carbocycles. The summed E-state index contributed by atoms with van der Waals surface area (Å²) in [4.78, 5) is 13.1. The number of carbonyl (C=O) groups is 1. The fourth-order valence-electron chi connectivity index (χ4n) is 1.64. The van der Waals surface area contributed by atoms with Gasteiger partial charge in [0.25, 0.3) is 0 Å². The summed E-state index contributed by atoms with van der Waals surface area (Å²) in [6.07, 6.45) is 0. The van der Waals surface area contributed by atoms with Gasteiger partial charge in [-0.15, -0.1) is 11.3 Å². The summed E-state index contributed by atoms with van der Waals surface area (Å²) in [6.45, 7) is 0. The number of ketones is 1. The molecule has 0 radical (unpaired) electrons. The minimum Gasteiger partial charge on any atom is -0.496 e. The molecule has 0 saturated carbocycles. The van der Waals surface area contributed by atoms with Gasteiger partial charge in [-0.2, -0.15) is 0 Å². The number of nitrogens with two attached hydrogens (primary N) is 1. The Balaban J connectivity index is 2.36. The molecule has 0 bridgehead atoms. The average Bonchev–Trinajstić information content (AvgIpc) is 2.90. The van der Waals surface area contributed by atoms with Gasteiger partial charge in [0.05, 0.1) is 12.7 Å². The molecule has 18 heavy (non-hydrogen) atoms. The summed E-state index contributed by atoms with van der Waals surface area (Å²) in [7, 11) is 1.51. The summed E-state index contributed by atoms with van der Waals surface area (Å²) in [5.74, 6) is 0.285. The van der Waals surface area contributed by atoms with Gasteiger partial charge in [-0.25, -0.2) is 0 Å². The number of carbonyl (C=O) groups excluding carboxylic acids is 1. The van der Waals surface area contributed by atoms with E-state index in [1.807, 2.05) is 17.5 Å². The number of hydrogen-bond donors (Lipinski definition) is 1. The summed E-state index contributed by atoms with van der Waals surface area (Å²) in [5, 5.41) is 2.37. The largest absolute Gasteiger partial charge is 0.496 e. The van der Waals surface area contributed by atoms with Crippen LogP contribution in [0.1, 0.15) is 21.3 Å². The van der Waals surface area contributed by atoms with Gasteiger partial charge in [0.1, 0.15) is 11.8 Å². The van der Waals surface area contributed by atoms with Crippen LogP contribution in [0.4, 0.5) is 0 Å². The van der Waals surface area contributed by atoms with Crippen LogP contribution < -0.4 is 10.5 Å². The number of hydrogen-bond acceptors (Lipinski definition) is 4. The zero-order valence-electron chi connectivity index (χ0n) is 9.72. The molecule has 2 rings (SSSR count). The monoisotopic (exact) mass is 281 g/mol. The van der Waals surface area contributed by atoms with Gasteiger partial charge in [0.2, 0.25) is 0 Å². The van der Waals surface area contributed by atoms with E-state index in [1.54, 1.807) is 18.2 Å². The number of thiophene rings is 1. The highest BCUT2D eigenvalue weighted by molar-refractivity contribution is 7.10. The van der Waals surface area contributed by atoms with Gasteiger partial charge in [-0.1, -0.05) is 17.7 Å². The Morgan fingerprint density at radius 3 is 2.83 bits per heavy atom. The highest BCUT2D eigenvalue weighted by Crippen LogP contribution is 2.28. The van der Waals surface area contributed by atoms with Crippen molar-refractivity contribution in [3.8, 4) is 5.75 Å². The van der Waals surface area contributed by atoms with Crippen LogP contribution in [0.5, 0.6) is 5.75 Å². The number of rotatable bonds is 4. The third kappa shape index (κ3) is 2.56. The number of halogens is 1. The van der Waals surface area contributed by atoms with Gasteiger partial charge >= 0.3 is 0 Å². The third-order valence-corrected chi connectivity index (χ3v) is 3.75. The first-order chi connectivity index (χ1) is 8.63. The van der Waals surface area contributed by atoms with Crippen molar-refractivity contribution in [1.82, 2.24) is 0 Å². The van der Waals surface area contributed by atoms with Crippen molar-refractivity contribution in [3.63, 3.8) is 0 Å². The van der Waals surface area contributed by atoms with Gasteiger partial charge in [0.15, 0.2) is 5.78 Å². The first-order valence-corrected chi connectivity index (χ1v) is 6.56. The molecule has 94 valence electrons. The molecule has 2 aromatic rings. The molecular weight excluding hydrogens is 270 g/mol. The Kier molecular flexibility index (Phi) is 4.01. The lowest BCUT2D eigenvalue weighted by atomic mass is 10.0. The normalized spacial score (nSPS) is 12.2. The standard InChI is InChI=1S/C13H12ClNO2S/c1-17-10-5-4-8(14)7-9(10)13(16)12(15)11-3-2-6-18-11/h2-7,12H,15H2,1H3. The first-order valence-electron chi connectivity index (χ1n) is 5.30. The van der Waals surface area contributed by atoms with Gasteiger partial charge < -0.3 is 10.5 Å². The predicted octanol–water partition coefficient (Wildman–Crippen LogP) is 3.29. The molecule has 5 heteroatoms. The zero-order valence-corrected chi connectivity index (χ0v) is 11.3. The molecule has 2 N–H and O–H groups in total. The fourth-order valence-corrected chi connectivity index (χ4v) is 2.53. The van der Waals surface area contributed by atoms with Gasteiger partial charge in [-0.3, -0.25) is 4.79 Å². The Bertz CT molecular complexity index is 554. The van der Waals surface area contributed by atoms with Crippen molar-refractivity contribution in [2.75, 3.05) is 7.11 Å². The van der Waals surface area contributed by atoms with Crippen molar-refractivity contribution >= 4 is 28.7 Å². The van der Waals surface area contributed by atoms with E-state index in [4.69, 9.17) is 22.1 Å². The number of benzene rings is 1. The minimum atomic E-state index is -0.683. The van der Waals surface area contributed by atoms with Crippen LogP contribution in [0.2, 0.25) is 5.02 Å². The van der Waals surface area contributed by atoms with Crippen LogP contribution in [-0.2, 0) is 0 Å². The van der Waals surface area contributed by atoms with Crippen LogP contribution >= 0.6 is 22.9 Å². The van der Waals surface area contributed by atoms with Crippen LogP contribution in [-0.4, -0.2) is 12.9 Å². The van der Waals surface area contributed by atoms with Gasteiger partial charge in [-0.05, 0) is 29.6 Å². The maximum absolute atomic E-state index is 12.3. The van der Waals surface area contributed by atoms with Crippen molar-refractivity contribution in [2.45, 2.75) is 6.04 Å². The molecule has 1 aromatic heterocycles. The molecule has 0 aliphatic rings. The van der Waals surface area contributed by atoms with Crippen molar-refractivity contribution in [3.05, 3.63) is 51.2 Å². The lowest BCUT2D eigenvalue weighted by Gasteiger charge is -2.12. The Labute approximate surface area is 114 Å². The molecule has 0 saturated heterocycles. The topological polar surface area (TPSA) is 52.3 Å². The molecule has 1 heterocycles. The summed E-state index contributed by atoms with van der Waals surface area (Å²) >= 11 is 7.35. The zero-order chi connectivity index (χ0) is 13.1. The number of ether oxygens (including phenoxy) is 1. The van der Waals surface area contributed by atoms with Crippen LogP contribution in [0.25, 0.3) is 0 Å². The third-order valence-electron chi connectivity index (χ3n) is 2.56. The first kappa shape index (κ1) is 13.1. The van der Waals surface area contributed by atoms with E-state index in [1.165, 1.54) is 18.4 Å².